The van der Waals surface area contributed by atoms with Crippen molar-refractivity contribution in [2.24, 2.45) is 5.73 Å². The van der Waals surface area contributed by atoms with Crippen LogP contribution in [0.5, 0.6) is 5.75 Å². The number of methoxy groups -OCH3 is 1. The van der Waals surface area contributed by atoms with E-state index >= 15 is 0 Å². The third-order valence-corrected chi connectivity index (χ3v) is 3.43. The van der Waals surface area contributed by atoms with E-state index in [0.29, 0.717) is 0 Å². The first-order valence-corrected chi connectivity index (χ1v) is 6.62. The van der Waals surface area contributed by atoms with Gasteiger partial charge in [0.25, 0.3) is 0 Å². The lowest BCUT2D eigenvalue weighted by atomic mass is 9.98. The third kappa shape index (κ3) is 3.49. The summed E-state index contributed by atoms with van der Waals surface area (Å²) in [6.45, 7) is 2.02. The second kappa shape index (κ2) is 6.09. The van der Waals surface area contributed by atoms with E-state index in [2.05, 4.69) is 6.07 Å². The van der Waals surface area contributed by atoms with Crippen molar-refractivity contribution >= 4 is 11.6 Å². The number of ether oxygens (including phenoxy) is 1. The van der Waals surface area contributed by atoms with Gasteiger partial charge in [0.05, 0.1) is 7.11 Å². The Hall–Kier alpha value is -1.51. The van der Waals surface area contributed by atoms with Gasteiger partial charge in [-0.25, -0.2) is 0 Å². The van der Waals surface area contributed by atoms with Crippen LogP contribution in [-0.4, -0.2) is 7.11 Å². The van der Waals surface area contributed by atoms with E-state index in [-0.39, 0.29) is 6.04 Å². The summed E-state index contributed by atoms with van der Waals surface area (Å²) in [6.07, 6.45) is 0.770. The molecule has 0 fully saturated rings. The molecule has 0 heterocycles. The van der Waals surface area contributed by atoms with Crippen LogP contribution >= 0.6 is 11.6 Å². The van der Waals surface area contributed by atoms with Gasteiger partial charge in [0.1, 0.15) is 5.75 Å². The lowest BCUT2D eigenvalue weighted by Crippen LogP contribution is -2.13. The molecule has 0 amide bonds. The standard InChI is InChI=1S/C16H18ClNO/c1-11-8-13(6-7-16(11)19-2)15(18)10-12-4-3-5-14(17)9-12/h3-9,15H,10,18H2,1-2H3. The maximum Gasteiger partial charge on any atom is 0.121 e. The number of aryl methyl sites for hydroxylation is 1. The molecule has 0 aliphatic rings. The molecule has 3 heteroatoms. The topological polar surface area (TPSA) is 35.2 Å². The first kappa shape index (κ1) is 13.9. The van der Waals surface area contributed by atoms with Crippen molar-refractivity contribution in [3.05, 3.63) is 64.2 Å². The van der Waals surface area contributed by atoms with Gasteiger partial charge in [-0.05, 0) is 48.2 Å². The molecule has 2 aromatic carbocycles. The van der Waals surface area contributed by atoms with E-state index in [4.69, 9.17) is 22.1 Å². The van der Waals surface area contributed by atoms with Crippen molar-refractivity contribution in [3.8, 4) is 5.75 Å². The Morgan fingerprint density at radius 1 is 1.21 bits per heavy atom. The molecule has 2 nitrogen and oxygen atoms in total. The van der Waals surface area contributed by atoms with Crippen LogP contribution in [0, 0.1) is 6.92 Å². The molecule has 0 spiro atoms. The lowest BCUT2D eigenvalue weighted by molar-refractivity contribution is 0.411. The van der Waals surface area contributed by atoms with Gasteiger partial charge in [0, 0.05) is 11.1 Å². The van der Waals surface area contributed by atoms with E-state index in [1.54, 1.807) is 7.11 Å². The van der Waals surface area contributed by atoms with Crippen LogP contribution in [0.2, 0.25) is 5.02 Å². The minimum Gasteiger partial charge on any atom is -0.496 e. The number of nitrogens with two attached hydrogens (primary N) is 1. The highest BCUT2D eigenvalue weighted by Gasteiger charge is 2.09. The molecule has 0 saturated heterocycles. The molecule has 0 aromatic heterocycles. The average Bonchev–Trinajstić information content (AvgIpc) is 2.38. The van der Waals surface area contributed by atoms with E-state index < -0.39 is 0 Å². The molecule has 2 aromatic rings. The first-order valence-electron chi connectivity index (χ1n) is 6.24. The molecule has 0 radical (unpaired) electrons. The van der Waals surface area contributed by atoms with Crippen molar-refractivity contribution in [1.82, 2.24) is 0 Å². The highest BCUT2D eigenvalue weighted by Crippen LogP contribution is 2.24. The monoisotopic (exact) mass is 275 g/mol. The zero-order valence-corrected chi connectivity index (χ0v) is 11.9. The Balaban J connectivity index is 2.15. The highest BCUT2D eigenvalue weighted by atomic mass is 35.5. The molecule has 2 N–H and O–H groups in total. The molecule has 0 bridgehead atoms. The molecular formula is C16H18ClNO. The van der Waals surface area contributed by atoms with E-state index in [0.717, 1.165) is 33.9 Å². The highest BCUT2D eigenvalue weighted by molar-refractivity contribution is 6.30. The molecule has 2 rings (SSSR count). The Morgan fingerprint density at radius 3 is 2.63 bits per heavy atom. The minimum atomic E-state index is -0.0388. The van der Waals surface area contributed by atoms with Crippen molar-refractivity contribution in [1.29, 1.82) is 0 Å². The molecule has 100 valence electrons. The Morgan fingerprint density at radius 2 is 2.00 bits per heavy atom. The number of hydrogen-bond acceptors (Lipinski definition) is 2. The summed E-state index contributed by atoms with van der Waals surface area (Å²) >= 11 is 5.98. The van der Waals surface area contributed by atoms with Crippen LogP contribution in [0.1, 0.15) is 22.7 Å². The summed E-state index contributed by atoms with van der Waals surface area (Å²) in [5.41, 5.74) is 9.61. The largest absolute Gasteiger partial charge is 0.496 e. The van der Waals surface area contributed by atoms with Crippen molar-refractivity contribution in [2.45, 2.75) is 19.4 Å². The maximum atomic E-state index is 6.25. The van der Waals surface area contributed by atoms with Crippen LogP contribution in [0.4, 0.5) is 0 Å². The van der Waals surface area contributed by atoms with Gasteiger partial charge in [0.15, 0.2) is 0 Å². The quantitative estimate of drug-likeness (QED) is 0.918. The molecule has 1 unspecified atom stereocenters. The second-order valence-corrected chi connectivity index (χ2v) is 5.11. The van der Waals surface area contributed by atoms with Crippen LogP contribution in [0.25, 0.3) is 0 Å². The van der Waals surface area contributed by atoms with Crippen molar-refractivity contribution in [2.75, 3.05) is 7.11 Å². The first-order chi connectivity index (χ1) is 9.10. The van der Waals surface area contributed by atoms with Gasteiger partial charge in [-0.15, -0.1) is 0 Å². The molecular weight excluding hydrogens is 258 g/mol. The zero-order valence-electron chi connectivity index (χ0n) is 11.2. The number of halogens is 1. The summed E-state index contributed by atoms with van der Waals surface area (Å²) in [4.78, 5) is 0. The molecule has 1 atom stereocenters. The smallest absolute Gasteiger partial charge is 0.121 e. The lowest BCUT2D eigenvalue weighted by Gasteiger charge is -2.14. The van der Waals surface area contributed by atoms with Gasteiger partial charge < -0.3 is 10.5 Å². The Labute approximate surface area is 119 Å². The van der Waals surface area contributed by atoms with Crippen LogP contribution < -0.4 is 10.5 Å². The van der Waals surface area contributed by atoms with Crippen molar-refractivity contribution in [3.63, 3.8) is 0 Å². The van der Waals surface area contributed by atoms with Gasteiger partial charge in [-0.2, -0.15) is 0 Å². The summed E-state index contributed by atoms with van der Waals surface area (Å²) in [5, 5.41) is 0.746. The van der Waals surface area contributed by atoms with E-state index in [1.165, 1.54) is 0 Å². The Kier molecular flexibility index (Phi) is 4.46. The summed E-state index contributed by atoms with van der Waals surface area (Å²) in [5.74, 6) is 0.888. The number of benzene rings is 2. The van der Waals surface area contributed by atoms with Crippen LogP contribution in [0.3, 0.4) is 0 Å². The Bertz CT molecular complexity index is 568. The number of rotatable bonds is 4. The fourth-order valence-electron chi connectivity index (χ4n) is 2.17. The van der Waals surface area contributed by atoms with Gasteiger partial charge in [-0.3, -0.25) is 0 Å². The minimum absolute atomic E-state index is 0.0388. The van der Waals surface area contributed by atoms with Gasteiger partial charge in [-0.1, -0.05) is 35.9 Å². The fraction of sp³-hybridized carbons (Fsp3) is 0.250. The molecule has 0 aliphatic heterocycles. The van der Waals surface area contributed by atoms with E-state index in [9.17, 15) is 0 Å². The third-order valence-electron chi connectivity index (χ3n) is 3.19. The van der Waals surface area contributed by atoms with Crippen LogP contribution in [-0.2, 0) is 6.42 Å². The predicted octanol–water partition coefficient (Wildman–Crippen LogP) is 3.90. The second-order valence-electron chi connectivity index (χ2n) is 4.67. The van der Waals surface area contributed by atoms with Crippen molar-refractivity contribution < 1.29 is 4.74 Å². The maximum absolute atomic E-state index is 6.25. The van der Waals surface area contributed by atoms with Gasteiger partial charge in [0.2, 0.25) is 0 Å². The average molecular weight is 276 g/mol. The molecule has 0 saturated carbocycles. The fourth-order valence-corrected chi connectivity index (χ4v) is 2.38. The summed E-state index contributed by atoms with van der Waals surface area (Å²) < 4.78 is 5.26. The number of hydrogen-bond donors (Lipinski definition) is 1. The molecule has 0 aliphatic carbocycles. The normalized spacial score (nSPS) is 12.2. The molecule has 19 heavy (non-hydrogen) atoms. The summed E-state index contributed by atoms with van der Waals surface area (Å²) in [6, 6.07) is 13.8. The van der Waals surface area contributed by atoms with Gasteiger partial charge >= 0.3 is 0 Å². The predicted molar refractivity (Wildman–Crippen MR) is 79.8 cm³/mol. The van der Waals surface area contributed by atoms with Crippen LogP contribution in [0.15, 0.2) is 42.5 Å². The zero-order chi connectivity index (χ0) is 13.8. The SMILES string of the molecule is COc1ccc(C(N)Cc2cccc(Cl)c2)cc1C. The summed E-state index contributed by atoms with van der Waals surface area (Å²) in [7, 11) is 1.67. The van der Waals surface area contributed by atoms with E-state index in [1.807, 2.05) is 43.3 Å².